The molecule has 38 heavy (non-hydrogen) atoms. The van der Waals surface area contributed by atoms with Crippen molar-refractivity contribution in [3.8, 4) is 5.75 Å². The molecular formula is C27H30F3N3O5. The van der Waals surface area contributed by atoms with Gasteiger partial charge in [0.25, 0.3) is 5.91 Å². The fourth-order valence-corrected chi connectivity index (χ4v) is 3.84. The van der Waals surface area contributed by atoms with Crippen molar-refractivity contribution in [3.05, 3.63) is 59.7 Å². The molecule has 11 heteroatoms. The molecule has 0 spiro atoms. The highest BCUT2D eigenvalue weighted by atomic mass is 19.4. The van der Waals surface area contributed by atoms with E-state index in [0.717, 1.165) is 0 Å². The molecule has 0 fully saturated rings. The van der Waals surface area contributed by atoms with Crippen LogP contribution in [0.2, 0.25) is 0 Å². The van der Waals surface area contributed by atoms with Crippen LogP contribution in [0.5, 0.6) is 5.75 Å². The van der Waals surface area contributed by atoms with Gasteiger partial charge in [-0.15, -0.1) is 0 Å². The summed E-state index contributed by atoms with van der Waals surface area (Å²) in [6, 6.07) is 13.9. The number of ether oxygens (including phenoxy) is 2. The summed E-state index contributed by atoms with van der Waals surface area (Å²) in [5.41, 5.74) is 1.06. The number of aliphatic imine (C=N–C) groups is 1. The van der Waals surface area contributed by atoms with E-state index in [1.165, 1.54) is 7.11 Å². The number of methoxy groups -OCH3 is 1. The highest BCUT2D eigenvalue weighted by molar-refractivity contribution is 6.20. The van der Waals surface area contributed by atoms with Gasteiger partial charge in [0.15, 0.2) is 0 Å². The number of nitrogens with zero attached hydrogens (tertiary/aromatic N) is 1. The van der Waals surface area contributed by atoms with Crippen molar-refractivity contribution < 1.29 is 37.0 Å². The highest BCUT2D eigenvalue weighted by Crippen LogP contribution is 2.29. The lowest BCUT2D eigenvalue weighted by Gasteiger charge is -2.23. The number of rotatable bonds is 8. The summed E-state index contributed by atoms with van der Waals surface area (Å²) in [6.45, 7) is 4.83. The third kappa shape index (κ3) is 8.06. The topological polar surface area (TPSA) is 106 Å². The Bertz CT molecular complexity index is 1210. The number of hydrogen-bond acceptors (Lipinski definition) is 6. The maximum atomic E-state index is 13.1. The number of carbonyl (C=O) groups excluding carboxylic acids is 3. The first-order chi connectivity index (χ1) is 17.8. The highest BCUT2D eigenvalue weighted by Gasteiger charge is 2.35. The predicted molar refractivity (Wildman–Crippen MR) is 135 cm³/mol. The second kappa shape index (κ2) is 11.7. The number of amides is 2. The molecule has 2 atom stereocenters. The minimum atomic E-state index is -4.54. The molecule has 0 radical (unpaired) electrons. The van der Waals surface area contributed by atoms with Crippen molar-refractivity contribution in [2.45, 2.75) is 58.0 Å². The molecule has 0 bridgehead atoms. The second-order valence-corrected chi connectivity index (χ2v) is 9.80. The van der Waals surface area contributed by atoms with Gasteiger partial charge in [0.1, 0.15) is 11.4 Å². The van der Waals surface area contributed by atoms with E-state index in [2.05, 4.69) is 15.6 Å². The van der Waals surface area contributed by atoms with E-state index in [4.69, 9.17) is 9.47 Å². The lowest BCUT2D eigenvalue weighted by molar-refractivity contribution is -0.159. The van der Waals surface area contributed by atoms with E-state index in [-0.39, 0.29) is 0 Å². The van der Waals surface area contributed by atoms with Crippen LogP contribution in [0.4, 0.5) is 18.9 Å². The van der Waals surface area contributed by atoms with Gasteiger partial charge in [-0.1, -0.05) is 30.3 Å². The third-order valence-electron chi connectivity index (χ3n) is 5.55. The molecule has 3 rings (SSSR count). The van der Waals surface area contributed by atoms with Crippen molar-refractivity contribution >= 4 is 29.2 Å². The SMILES string of the molecule is COc1ccc2c(c1)C(c1ccccc1)=NC(NC(=O)C(CCC(F)(F)F)CC(=O)OC(C)(C)C)C(=O)N2. The van der Waals surface area contributed by atoms with E-state index in [1.54, 1.807) is 69.3 Å². The zero-order chi connectivity index (χ0) is 28.1. The maximum absolute atomic E-state index is 13.1. The van der Waals surface area contributed by atoms with Gasteiger partial charge in [0.05, 0.1) is 24.9 Å². The van der Waals surface area contributed by atoms with Gasteiger partial charge in [0, 0.05) is 23.5 Å². The van der Waals surface area contributed by atoms with E-state index >= 15 is 0 Å². The van der Waals surface area contributed by atoms with Crippen molar-refractivity contribution in [1.82, 2.24) is 5.32 Å². The van der Waals surface area contributed by atoms with E-state index in [9.17, 15) is 27.6 Å². The Morgan fingerprint density at radius 1 is 1.11 bits per heavy atom. The average Bonchev–Trinajstić information content (AvgIpc) is 2.96. The Kier molecular flexibility index (Phi) is 8.80. The minimum absolute atomic E-state index is 0.363. The van der Waals surface area contributed by atoms with Gasteiger partial charge < -0.3 is 20.1 Å². The minimum Gasteiger partial charge on any atom is -0.497 e. The molecular weight excluding hydrogens is 503 g/mol. The van der Waals surface area contributed by atoms with Crippen LogP contribution in [0.1, 0.15) is 51.2 Å². The van der Waals surface area contributed by atoms with Gasteiger partial charge in [-0.05, 0) is 45.4 Å². The summed E-state index contributed by atoms with van der Waals surface area (Å²) in [6.07, 6.45) is -8.53. The first kappa shape index (κ1) is 28.7. The molecule has 0 saturated carbocycles. The van der Waals surface area contributed by atoms with Gasteiger partial charge >= 0.3 is 12.1 Å². The Morgan fingerprint density at radius 3 is 2.39 bits per heavy atom. The standard InChI is InChI=1S/C27H30F3N3O5/c1-26(2,3)38-21(34)14-17(12-13-27(28,29)30)24(35)33-23-25(36)31-20-11-10-18(37-4)15-19(20)22(32-23)16-8-6-5-7-9-16/h5-11,15,17,23H,12-14H2,1-4H3,(H,31,36)(H,33,35). The predicted octanol–water partition coefficient (Wildman–Crippen LogP) is 4.62. The van der Waals surface area contributed by atoms with E-state index in [0.29, 0.717) is 28.3 Å². The number of benzodiazepines with no additional fused rings is 1. The summed E-state index contributed by atoms with van der Waals surface area (Å²) in [5.74, 6) is -3.31. The van der Waals surface area contributed by atoms with Crippen LogP contribution in [0.15, 0.2) is 53.5 Å². The molecule has 1 aliphatic rings. The average molecular weight is 534 g/mol. The number of carbonyl (C=O) groups is 3. The molecule has 2 aromatic carbocycles. The Morgan fingerprint density at radius 2 is 1.79 bits per heavy atom. The first-order valence-electron chi connectivity index (χ1n) is 12.0. The van der Waals surface area contributed by atoms with Crippen LogP contribution in [0, 0.1) is 5.92 Å². The van der Waals surface area contributed by atoms with Crippen LogP contribution < -0.4 is 15.4 Å². The smallest absolute Gasteiger partial charge is 0.389 e. The molecule has 0 saturated heterocycles. The summed E-state index contributed by atoms with van der Waals surface area (Å²) < 4.78 is 49.4. The first-order valence-corrected chi connectivity index (χ1v) is 12.0. The van der Waals surface area contributed by atoms with Gasteiger partial charge in [-0.2, -0.15) is 13.2 Å². The van der Waals surface area contributed by atoms with Crippen LogP contribution >= 0.6 is 0 Å². The van der Waals surface area contributed by atoms with Crippen LogP contribution in [-0.2, 0) is 19.1 Å². The Balaban J connectivity index is 1.93. The number of nitrogens with one attached hydrogen (secondary N) is 2. The van der Waals surface area contributed by atoms with Crippen LogP contribution in [0.25, 0.3) is 0 Å². The number of benzene rings is 2. The van der Waals surface area contributed by atoms with Crippen molar-refractivity contribution in [2.75, 3.05) is 12.4 Å². The van der Waals surface area contributed by atoms with Gasteiger partial charge in [0.2, 0.25) is 12.1 Å². The molecule has 2 N–H and O–H groups in total. The fourth-order valence-electron chi connectivity index (χ4n) is 3.84. The second-order valence-electron chi connectivity index (χ2n) is 9.80. The van der Waals surface area contributed by atoms with Crippen molar-refractivity contribution in [1.29, 1.82) is 0 Å². The number of fused-ring (bicyclic) bond motifs is 1. The zero-order valence-corrected chi connectivity index (χ0v) is 21.5. The van der Waals surface area contributed by atoms with Crippen LogP contribution in [-0.4, -0.2) is 48.5 Å². The molecule has 8 nitrogen and oxygen atoms in total. The van der Waals surface area contributed by atoms with Gasteiger partial charge in [-0.25, -0.2) is 4.99 Å². The summed E-state index contributed by atoms with van der Waals surface area (Å²) >= 11 is 0. The molecule has 2 aromatic rings. The van der Waals surface area contributed by atoms with Crippen molar-refractivity contribution in [3.63, 3.8) is 0 Å². The number of esters is 1. The molecule has 2 unspecified atom stereocenters. The Hall–Kier alpha value is -3.89. The van der Waals surface area contributed by atoms with Gasteiger partial charge in [-0.3, -0.25) is 14.4 Å². The van der Waals surface area contributed by atoms with E-state index in [1.807, 2.05) is 0 Å². The summed E-state index contributed by atoms with van der Waals surface area (Å²) in [4.78, 5) is 43.1. The number of halogens is 3. The number of alkyl halides is 3. The lowest BCUT2D eigenvalue weighted by Crippen LogP contribution is -2.45. The summed E-state index contributed by atoms with van der Waals surface area (Å²) in [5, 5.41) is 5.13. The zero-order valence-electron chi connectivity index (χ0n) is 21.5. The monoisotopic (exact) mass is 533 g/mol. The molecule has 0 aromatic heterocycles. The largest absolute Gasteiger partial charge is 0.497 e. The molecule has 0 aliphatic carbocycles. The molecule has 1 heterocycles. The quantitative estimate of drug-likeness (QED) is 0.482. The molecule has 2 amide bonds. The fraction of sp³-hybridized carbons (Fsp3) is 0.407. The molecule has 1 aliphatic heterocycles. The third-order valence-corrected chi connectivity index (χ3v) is 5.55. The van der Waals surface area contributed by atoms with Crippen LogP contribution in [0.3, 0.4) is 0 Å². The lowest BCUT2D eigenvalue weighted by atomic mass is 9.97. The Labute approximate surface area is 218 Å². The number of hydrogen-bond donors (Lipinski definition) is 2. The maximum Gasteiger partial charge on any atom is 0.389 e. The summed E-state index contributed by atoms with van der Waals surface area (Å²) in [7, 11) is 1.49. The van der Waals surface area contributed by atoms with E-state index < -0.39 is 60.9 Å². The molecule has 204 valence electrons. The number of anilines is 1. The van der Waals surface area contributed by atoms with Crippen molar-refractivity contribution in [2.24, 2.45) is 10.9 Å². The normalized spacial score (nSPS) is 16.3.